The molecule has 8 aromatic carbocycles. The third-order valence-corrected chi connectivity index (χ3v) is 13.8. The lowest BCUT2D eigenvalue weighted by atomic mass is 9.62. The Morgan fingerprint density at radius 2 is 1.12 bits per heavy atom. The Balaban J connectivity index is 1.02. The highest BCUT2D eigenvalue weighted by Crippen LogP contribution is 2.63. The summed E-state index contributed by atoms with van der Waals surface area (Å²) in [6.45, 7) is 0. The zero-order valence-corrected chi connectivity index (χ0v) is 35.4. The molecule has 0 amide bonds. The molecule has 2 atom stereocenters. The Kier molecular flexibility index (Phi) is 8.53. The lowest BCUT2D eigenvalue weighted by Gasteiger charge is -2.41. The first-order chi connectivity index (χ1) is 32.2. The summed E-state index contributed by atoms with van der Waals surface area (Å²) in [4.78, 5) is 12.0. The van der Waals surface area contributed by atoms with E-state index in [0.717, 1.165) is 61.7 Å². The van der Waals surface area contributed by atoms with E-state index in [1.807, 2.05) is 24.3 Å². The van der Waals surface area contributed by atoms with Crippen molar-refractivity contribution in [2.45, 2.75) is 11.3 Å². The van der Waals surface area contributed by atoms with Crippen LogP contribution in [0.25, 0.3) is 66.1 Å². The summed E-state index contributed by atoms with van der Waals surface area (Å²) >= 11 is 0. The molecule has 0 fully saturated rings. The number of furan rings is 1. The molecule has 306 valence electrons. The Hall–Kier alpha value is -8.34. The van der Waals surface area contributed by atoms with E-state index in [2.05, 4.69) is 216 Å². The number of rotatable bonds is 7. The molecule has 2 aliphatic carbocycles. The summed E-state index contributed by atoms with van der Waals surface area (Å²) in [6.07, 6.45) is 9.23. The molecule has 0 radical (unpaired) electrons. The second-order valence-corrected chi connectivity index (χ2v) is 17.2. The van der Waals surface area contributed by atoms with Gasteiger partial charge in [0.05, 0.1) is 16.6 Å². The van der Waals surface area contributed by atoms with E-state index >= 15 is 0 Å². The number of aromatic nitrogens is 2. The van der Waals surface area contributed by atoms with E-state index in [1.165, 1.54) is 43.8 Å². The van der Waals surface area contributed by atoms with Gasteiger partial charge in [0, 0.05) is 57.7 Å². The van der Waals surface area contributed by atoms with Crippen LogP contribution >= 0.6 is 0 Å². The van der Waals surface area contributed by atoms with Crippen LogP contribution < -0.4 is 4.90 Å². The highest BCUT2D eigenvalue weighted by molar-refractivity contribution is 6.12. The predicted octanol–water partition coefficient (Wildman–Crippen LogP) is 15.4. The predicted molar refractivity (Wildman–Crippen MR) is 266 cm³/mol. The SMILES string of the molecule is C1=CC2c3c(c4ccccc4c4ccccc34)C(c3ccccc3)(c3ccccc3)C2C=C1N(c1ccc(-c2ccc3ccccc3n2)cc1)c1ccc(-c2cc3ncccc3o2)cc1. The van der Waals surface area contributed by atoms with E-state index in [4.69, 9.17) is 9.40 Å². The number of anilines is 2. The van der Waals surface area contributed by atoms with Gasteiger partial charge in [-0.15, -0.1) is 0 Å². The smallest absolute Gasteiger partial charge is 0.153 e. The molecule has 2 unspecified atom stereocenters. The van der Waals surface area contributed by atoms with Crippen LogP contribution in [-0.4, -0.2) is 9.97 Å². The molecule has 4 nitrogen and oxygen atoms in total. The van der Waals surface area contributed by atoms with Crippen LogP contribution in [0.2, 0.25) is 0 Å². The van der Waals surface area contributed by atoms with Gasteiger partial charge in [0.15, 0.2) is 5.58 Å². The van der Waals surface area contributed by atoms with Gasteiger partial charge in [-0.2, -0.15) is 0 Å². The summed E-state index contributed by atoms with van der Waals surface area (Å²) in [5.41, 5.74) is 13.7. The van der Waals surface area contributed by atoms with Crippen molar-refractivity contribution in [1.82, 2.24) is 9.97 Å². The molecule has 0 saturated heterocycles. The Bertz CT molecular complexity index is 3590. The fourth-order valence-corrected chi connectivity index (χ4v) is 11.1. The van der Waals surface area contributed by atoms with Crippen molar-refractivity contribution < 1.29 is 4.42 Å². The van der Waals surface area contributed by atoms with Gasteiger partial charge in [-0.1, -0.05) is 158 Å². The minimum absolute atomic E-state index is 0.0300. The van der Waals surface area contributed by atoms with Crippen LogP contribution in [-0.2, 0) is 5.41 Å². The summed E-state index contributed by atoms with van der Waals surface area (Å²) in [6, 6.07) is 76.6. The lowest BCUT2D eigenvalue weighted by Crippen LogP contribution is -2.36. The van der Waals surface area contributed by atoms with Crippen LogP contribution in [0.5, 0.6) is 0 Å². The molecule has 4 heteroatoms. The second kappa shape index (κ2) is 14.9. The molecule has 3 heterocycles. The highest BCUT2D eigenvalue weighted by Gasteiger charge is 2.55. The number of hydrogen-bond donors (Lipinski definition) is 0. The monoisotopic (exact) mass is 831 g/mol. The molecule has 13 rings (SSSR count). The van der Waals surface area contributed by atoms with Gasteiger partial charge in [-0.25, -0.2) is 4.98 Å². The van der Waals surface area contributed by atoms with Gasteiger partial charge in [0.1, 0.15) is 11.3 Å². The number of hydrogen-bond acceptors (Lipinski definition) is 4. The number of allylic oxidation sites excluding steroid dienone is 3. The quantitative estimate of drug-likeness (QED) is 0.150. The summed E-state index contributed by atoms with van der Waals surface area (Å²) < 4.78 is 6.28. The largest absolute Gasteiger partial charge is 0.454 e. The standard InChI is InChI=1S/C61H41N3O/c1-3-15-43(16-4-1)61(44-17-5-2-6-18-44)53-38-47(34-35-52(53)59-50-21-10-8-19-48(50)49-20-9-11-22-51(49)60(59)61)64(46-32-27-42(28-33-46)58-39-56-57(65-58)24-13-37-62-56)45-30-25-41(26-31-45)55-36-29-40-14-7-12-23-54(40)63-55/h1-39,52-53H. The summed E-state index contributed by atoms with van der Waals surface area (Å²) in [5.74, 6) is 0.931. The van der Waals surface area contributed by atoms with Crippen LogP contribution in [0.1, 0.15) is 28.2 Å². The fraction of sp³-hybridized carbons (Fsp3) is 0.0492. The average molecular weight is 832 g/mol. The minimum atomic E-state index is -0.515. The molecule has 0 spiro atoms. The van der Waals surface area contributed by atoms with E-state index in [-0.39, 0.29) is 11.8 Å². The van der Waals surface area contributed by atoms with Crippen molar-refractivity contribution >= 4 is 54.9 Å². The molecular formula is C61H41N3O. The molecule has 0 N–H and O–H groups in total. The van der Waals surface area contributed by atoms with Gasteiger partial charge < -0.3 is 9.32 Å². The number of nitrogens with zero attached hydrogens (tertiary/aromatic N) is 3. The third-order valence-electron chi connectivity index (χ3n) is 13.8. The van der Waals surface area contributed by atoms with Crippen LogP contribution in [0.3, 0.4) is 0 Å². The zero-order chi connectivity index (χ0) is 42.9. The van der Waals surface area contributed by atoms with Gasteiger partial charge in [-0.05, 0) is 111 Å². The topological polar surface area (TPSA) is 42.2 Å². The zero-order valence-electron chi connectivity index (χ0n) is 35.4. The molecule has 11 aromatic rings. The molecule has 2 aliphatic rings. The first kappa shape index (κ1) is 37.2. The molecule has 0 saturated carbocycles. The molecule has 0 bridgehead atoms. The molecular weight excluding hydrogens is 791 g/mol. The molecule has 65 heavy (non-hydrogen) atoms. The van der Waals surface area contributed by atoms with Crippen LogP contribution in [0, 0.1) is 5.92 Å². The summed E-state index contributed by atoms with van der Waals surface area (Å²) in [5, 5.41) is 6.33. The number of fused-ring (bicyclic) bond motifs is 10. The maximum absolute atomic E-state index is 6.28. The molecule has 3 aromatic heterocycles. The first-order valence-corrected chi connectivity index (χ1v) is 22.4. The number of para-hydroxylation sites is 1. The Labute approximate surface area is 377 Å². The Morgan fingerprint density at radius 3 is 1.83 bits per heavy atom. The maximum atomic E-state index is 6.28. The van der Waals surface area contributed by atoms with Gasteiger partial charge >= 0.3 is 0 Å². The van der Waals surface area contributed by atoms with E-state index in [0.29, 0.717) is 0 Å². The first-order valence-electron chi connectivity index (χ1n) is 22.4. The normalized spacial score (nSPS) is 16.2. The van der Waals surface area contributed by atoms with E-state index < -0.39 is 5.41 Å². The minimum Gasteiger partial charge on any atom is -0.454 e. The summed E-state index contributed by atoms with van der Waals surface area (Å²) in [7, 11) is 0. The van der Waals surface area contributed by atoms with Crippen molar-refractivity contribution in [2.24, 2.45) is 5.92 Å². The second-order valence-electron chi connectivity index (χ2n) is 17.2. The fourth-order valence-electron chi connectivity index (χ4n) is 11.1. The van der Waals surface area contributed by atoms with E-state index in [9.17, 15) is 0 Å². The van der Waals surface area contributed by atoms with Gasteiger partial charge in [0.2, 0.25) is 0 Å². The average Bonchev–Trinajstić information content (AvgIpc) is 3.96. The lowest BCUT2D eigenvalue weighted by molar-refractivity contribution is 0.456. The maximum Gasteiger partial charge on any atom is 0.153 e. The van der Waals surface area contributed by atoms with E-state index in [1.54, 1.807) is 6.20 Å². The molecule has 0 aliphatic heterocycles. The van der Waals surface area contributed by atoms with Gasteiger partial charge in [0.25, 0.3) is 0 Å². The number of pyridine rings is 2. The van der Waals surface area contributed by atoms with Crippen molar-refractivity contribution in [3.05, 3.63) is 265 Å². The van der Waals surface area contributed by atoms with Crippen LogP contribution in [0.4, 0.5) is 11.4 Å². The van der Waals surface area contributed by atoms with Crippen molar-refractivity contribution in [3.8, 4) is 22.6 Å². The number of benzene rings is 8. The van der Waals surface area contributed by atoms with Crippen molar-refractivity contribution in [1.29, 1.82) is 0 Å². The van der Waals surface area contributed by atoms with Gasteiger partial charge in [-0.3, -0.25) is 4.98 Å². The highest BCUT2D eigenvalue weighted by atomic mass is 16.3. The Morgan fingerprint density at radius 1 is 0.508 bits per heavy atom. The van der Waals surface area contributed by atoms with Crippen molar-refractivity contribution in [3.63, 3.8) is 0 Å². The van der Waals surface area contributed by atoms with Crippen LogP contribution in [0.15, 0.2) is 247 Å². The third kappa shape index (κ3) is 5.84. The van der Waals surface area contributed by atoms with Crippen molar-refractivity contribution in [2.75, 3.05) is 4.90 Å².